The number of benzene rings is 2. The van der Waals surface area contributed by atoms with Gasteiger partial charge in [-0.25, -0.2) is 4.98 Å². The van der Waals surface area contributed by atoms with E-state index < -0.39 is 0 Å². The monoisotopic (exact) mass is 407 g/mol. The summed E-state index contributed by atoms with van der Waals surface area (Å²) in [6, 6.07) is 13.3. The van der Waals surface area contributed by atoms with Crippen LogP contribution in [0.2, 0.25) is 0 Å². The number of carbonyl (C=O) groups excluding carboxylic acids is 1. The van der Waals surface area contributed by atoms with Crippen molar-refractivity contribution in [2.24, 2.45) is 0 Å². The van der Waals surface area contributed by atoms with Crippen LogP contribution in [0.25, 0.3) is 16.6 Å². The highest BCUT2D eigenvalue weighted by molar-refractivity contribution is 8.00. The van der Waals surface area contributed by atoms with Crippen LogP contribution >= 0.6 is 11.8 Å². The van der Waals surface area contributed by atoms with Gasteiger partial charge in [0.05, 0.1) is 21.8 Å². The first-order chi connectivity index (χ1) is 14.0. The zero-order chi connectivity index (χ0) is 20.5. The summed E-state index contributed by atoms with van der Waals surface area (Å²) in [5.74, 6) is 0.113. The van der Waals surface area contributed by atoms with Crippen molar-refractivity contribution >= 4 is 28.6 Å². The molecule has 29 heavy (non-hydrogen) atoms. The quantitative estimate of drug-likeness (QED) is 0.483. The number of aryl methyl sites for hydroxylation is 1. The van der Waals surface area contributed by atoms with Crippen molar-refractivity contribution in [2.45, 2.75) is 44.0 Å². The highest BCUT2D eigenvalue weighted by Crippen LogP contribution is 2.28. The van der Waals surface area contributed by atoms with Gasteiger partial charge in [-0.05, 0) is 62.9 Å². The lowest BCUT2D eigenvalue weighted by atomic mass is 10.1. The first-order valence-electron chi connectivity index (χ1n) is 10.0. The van der Waals surface area contributed by atoms with Gasteiger partial charge in [-0.3, -0.25) is 14.2 Å². The van der Waals surface area contributed by atoms with Crippen LogP contribution in [0, 0.1) is 13.8 Å². The Kier molecular flexibility index (Phi) is 5.46. The molecule has 4 rings (SSSR count). The fourth-order valence-electron chi connectivity index (χ4n) is 3.78. The number of para-hydroxylation sites is 1. The minimum absolute atomic E-state index is 0.104. The largest absolute Gasteiger partial charge is 0.342 e. The maximum atomic E-state index is 13.4. The lowest BCUT2D eigenvalue weighted by Gasteiger charge is -2.21. The van der Waals surface area contributed by atoms with Crippen molar-refractivity contribution in [1.29, 1.82) is 0 Å². The average molecular weight is 408 g/mol. The third kappa shape index (κ3) is 3.69. The Morgan fingerprint density at radius 2 is 1.79 bits per heavy atom. The fraction of sp³-hybridized carbons (Fsp3) is 0.348. The van der Waals surface area contributed by atoms with E-state index in [1.807, 2.05) is 62.1 Å². The van der Waals surface area contributed by atoms with Gasteiger partial charge in [0, 0.05) is 13.1 Å². The molecule has 0 bridgehead atoms. The Balaban J connectivity index is 1.84. The van der Waals surface area contributed by atoms with Crippen LogP contribution in [0.4, 0.5) is 0 Å². The molecule has 0 unspecified atom stereocenters. The van der Waals surface area contributed by atoms with Gasteiger partial charge in [-0.15, -0.1) is 0 Å². The Morgan fingerprint density at radius 1 is 1.07 bits per heavy atom. The van der Waals surface area contributed by atoms with E-state index in [1.54, 1.807) is 10.6 Å². The van der Waals surface area contributed by atoms with Gasteiger partial charge in [0.2, 0.25) is 5.91 Å². The van der Waals surface area contributed by atoms with Crippen LogP contribution in [0.1, 0.15) is 30.9 Å². The van der Waals surface area contributed by atoms with Crippen molar-refractivity contribution < 1.29 is 4.79 Å². The van der Waals surface area contributed by atoms with E-state index >= 15 is 0 Å². The molecule has 0 aliphatic carbocycles. The molecule has 0 radical (unpaired) electrons. The molecule has 1 atom stereocenters. The molecule has 1 aliphatic heterocycles. The Bertz CT molecular complexity index is 1130. The summed E-state index contributed by atoms with van der Waals surface area (Å²) in [5.41, 5.74) is 3.51. The molecule has 2 aromatic carbocycles. The number of aromatic nitrogens is 2. The lowest BCUT2D eigenvalue weighted by Crippen LogP contribution is -2.34. The van der Waals surface area contributed by atoms with Crippen molar-refractivity contribution in [2.75, 3.05) is 13.1 Å². The molecular formula is C23H25N3O2S. The second-order valence-electron chi connectivity index (χ2n) is 7.56. The number of rotatable bonds is 4. The van der Waals surface area contributed by atoms with Crippen molar-refractivity contribution in [3.8, 4) is 5.69 Å². The van der Waals surface area contributed by atoms with E-state index in [4.69, 9.17) is 4.98 Å². The third-order valence-corrected chi connectivity index (χ3v) is 6.65. The maximum absolute atomic E-state index is 13.4. The molecule has 0 spiro atoms. The molecule has 6 heteroatoms. The van der Waals surface area contributed by atoms with Crippen LogP contribution in [-0.2, 0) is 4.79 Å². The van der Waals surface area contributed by atoms with E-state index in [0.29, 0.717) is 16.1 Å². The SMILES string of the molecule is Cc1cccc(-n2c(S[C@H](C)C(=O)N3CCCC3)nc3ccccc3c2=O)c1C. The molecule has 1 aromatic heterocycles. The van der Waals surface area contributed by atoms with E-state index in [2.05, 4.69) is 0 Å². The Labute approximate surface area is 174 Å². The van der Waals surface area contributed by atoms with E-state index in [-0.39, 0.29) is 16.7 Å². The number of hydrogen-bond acceptors (Lipinski definition) is 4. The van der Waals surface area contributed by atoms with Gasteiger partial charge >= 0.3 is 0 Å². The third-order valence-electron chi connectivity index (χ3n) is 5.61. The summed E-state index contributed by atoms with van der Waals surface area (Å²) < 4.78 is 1.67. The standard InChI is InChI=1S/C23H25N3O2S/c1-15-9-8-12-20(16(15)2)26-22(28)18-10-4-5-11-19(18)24-23(26)29-17(3)21(27)25-13-6-7-14-25/h4-5,8-12,17H,6-7,13-14H2,1-3H3/t17-/m1/s1. The summed E-state index contributed by atoms with van der Waals surface area (Å²) >= 11 is 1.36. The molecule has 2 heterocycles. The zero-order valence-electron chi connectivity index (χ0n) is 17.0. The molecule has 150 valence electrons. The predicted octanol–water partition coefficient (Wildman–Crippen LogP) is 4.11. The van der Waals surface area contributed by atoms with Crippen molar-refractivity contribution in [3.05, 3.63) is 63.9 Å². The summed E-state index contributed by atoms with van der Waals surface area (Å²) in [6.07, 6.45) is 2.12. The molecule has 1 fully saturated rings. The molecule has 1 aliphatic rings. The van der Waals surface area contributed by atoms with E-state index in [1.165, 1.54) is 11.8 Å². The smallest absolute Gasteiger partial charge is 0.266 e. The van der Waals surface area contributed by atoms with E-state index in [9.17, 15) is 9.59 Å². The normalized spacial score (nSPS) is 15.1. The first-order valence-corrected chi connectivity index (χ1v) is 10.9. The first kappa shape index (κ1) is 19.7. The Morgan fingerprint density at radius 3 is 2.55 bits per heavy atom. The molecule has 1 amide bonds. The molecule has 1 saturated heterocycles. The minimum atomic E-state index is -0.308. The number of fused-ring (bicyclic) bond motifs is 1. The van der Waals surface area contributed by atoms with Crippen LogP contribution in [-0.4, -0.2) is 38.7 Å². The number of likely N-dealkylation sites (tertiary alicyclic amines) is 1. The van der Waals surface area contributed by atoms with Gasteiger partial charge in [-0.2, -0.15) is 0 Å². The van der Waals surface area contributed by atoms with Crippen LogP contribution in [0.5, 0.6) is 0 Å². The summed E-state index contributed by atoms with van der Waals surface area (Å²) in [7, 11) is 0. The van der Waals surface area contributed by atoms with Gasteiger partial charge in [0.25, 0.3) is 5.56 Å². The average Bonchev–Trinajstić information content (AvgIpc) is 3.25. The topological polar surface area (TPSA) is 55.2 Å². The van der Waals surface area contributed by atoms with Crippen LogP contribution in [0.15, 0.2) is 52.4 Å². The van der Waals surface area contributed by atoms with Gasteiger partial charge in [-0.1, -0.05) is 36.0 Å². The highest BCUT2D eigenvalue weighted by Gasteiger charge is 2.26. The summed E-state index contributed by atoms with van der Waals surface area (Å²) in [4.78, 5) is 33.0. The van der Waals surface area contributed by atoms with E-state index in [0.717, 1.165) is 42.7 Å². The van der Waals surface area contributed by atoms with Gasteiger partial charge < -0.3 is 4.90 Å². The molecule has 0 saturated carbocycles. The summed E-state index contributed by atoms with van der Waals surface area (Å²) in [5, 5.41) is 0.830. The van der Waals surface area contributed by atoms with Crippen LogP contribution in [0.3, 0.4) is 0 Å². The molecular weight excluding hydrogens is 382 g/mol. The van der Waals surface area contributed by atoms with Crippen molar-refractivity contribution in [3.63, 3.8) is 0 Å². The molecule has 0 N–H and O–H groups in total. The Hall–Kier alpha value is -2.60. The number of hydrogen-bond donors (Lipinski definition) is 0. The maximum Gasteiger partial charge on any atom is 0.266 e. The van der Waals surface area contributed by atoms with Gasteiger partial charge in [0.1, 0.15) is 0 Å². The second kappa shape index (κ2) is 8.03. The highest BCUT2D eigenvalue weighted by atomic mass is 32.2. The zero-order valence-corrected chi connectivity index (χ0v) is 17.8. The fourth-order valence-corrected chi connectivity index (χ4v) is 4.79. The molecule has 3 aromatic rings. The minimum Gasteiger partial charge on any atom is -0.342 e. The number of nitrogens with zero attached hydrogens (tertiary/aromatic N) is 3. The van der Waals surface area contributed by atoms with Gasteiger partial charge in [0.15, 0.2) is 5.16 Å². The lowest BCUT2D eigenvalue weighted by molar-refractivity contribution is -0.129. The van der Waals surface area contributed by atoms with Crippen LogP contribution < -0.4 is 5.56 Å². The number of carbonyl (C=O) groups is 1. The molecule has 5 nitrogen and oxygen atoms in total. The summed E-state index contributed by atoms with van der Waals surface area (Å²) in [6.45, 7) is 7.59. The number of amides is 1. The predicted molar refractivity (Wildman–Crippen MR) is 118 cm³/mol. The number of thioether (sulfide) groups is 1. The van der Waals surface area contributed by atoms with Crippen molar-refractivity contribution in [1.82, 2.24) is 14.5 Å². The second-order valence-corrected chi connectivity index (χ2v) is 8.87.